The average Bonchev–Trinajstić information content (AvgIpc) is 2.89. The molecular formula is C12H15N3OS2. The van der Waals surface area contributed by atoms with Crippen LogP contribution in [0, 0.1) is 0 Å². The Kier molecular flexibility index (Phi) is 4.57. The fraction of sp³-hybridized carbons (Fsp3) is 0.333. The van der Waals surface area contributed by atoms with Crippen molar-refractivity contribution in [3.63, 3.8) is 0 Å². The summed E-state index contributed by atoms with van der Waals surface area (Å²) in [5, 5.41) is 8.06. The summed E-state index contributed by atoms with van der Waals surface area (Å²) in [5.74, 6) is 0.850. The summed E-state index contributed by atoms with van der Waals surface area (Å²) in [6.07, 6.45) is 0. The molecule has 0 radical (unpaired) electrons. The van der Waals surface area contributed by atoms with E-state index in [2.05, 4.69) is 10.2 Å². The second kappa shape index (κ2) is 6.17. The lowest BCUT2D eigenvalue weighted by atomic mass is 10.1. The van der Waals surface area contributed by atoms with E-state index in [0.717, 1.165) is 10.1 Å². The number of aromatic nitrogens is 2. The Morgan fingerprint density at radius 3 is 2.56 bits per heavy atom. The molecule has 2 N–H and O–H groups in total. The molecule has 96 valence electrons. The van der Waals surface area contributed by atoms with Gasteiger partial charge in [-0.05, 0) is 24.6 Å². The number of methoxy groups -OCH3 is 1. The number of hydrogen-bond acceptors (Lipinski definition) is 6. The molecule has 0 amide bonds. The second-order valence-corrected chi connectivity index (χ2v) is 6.10. The molecule has 0 spiro atoms. The van der Waals surface area contributed by atoms with Gasteiger partial charge >= 0.3 is 0 Å². The molecule has 0 bridgehead atoms. The van der Waals surface area contributed by atoms with Crippen molar-refractivity contribution >= 4 is 23.1 Å². The first kappa shape index (κ1) is 13.3. The smallest absolute Gasteiger partial charge is 0.174 e. The van der Waals surface area contributed by atoms with Crippen LogP contribution in [0.4, 0.5) is 0 Å². The SMILES string of the molecule is COc1ccc(C(Sc2nncs2)C(C)N)cc1. The minimum Gasteiger partial charge on any atom is -0.497 e. The molecule has 18 heavy (non-hydrogen) atoms. The Morgan fingerprint density at radius 1 is 1.33 bits per heavy atom. The third-order valence-electron chi connectivity index (χ3n) is 2.49. The molecule has 2 aromatic rings. The molecule has 1 heterocycles. The number of thioether (sulfide) groups is 1. The quantitative estimate of drug-likeness (QED) is 0.854. The van der Waals surface area contributed by atoms with Gasteiger partial charge < -0.3 is 10.5 Å². The summed E-state index contributed by atoms with van der Waals surface area (Å²) in [4.78, 5) is 0. The van der Waals surface area contributed by atoms with Crippen LogP contribution in [0.1, 0.15) is 17.7 Å². The Balaban J connectivity index is 2.18. The Morgan fingerprint density at radius 2 is 2.06 bits per heavy atom. The maximum Gasteiger partial charge on any atom is 0.174 e. The predicted molar refractivity (Wildman–Crippen MR) is 75.2 cm³/mol. The van der Waals surface area contributed by atoms with Crippen LogP contribution < -0.4 is 10.5 Å². The molecule has 0 aliphatic rings. The van der Waals surface area contributed by atoms with Crippen LogP contribution in [0.15, 0.2) is 34.1 Å². The van der Waals surface area contributed by atoms with Gasteiger partial charge in [-0.25, -0.2) is 0 Å². The van der Waals surface area contributed by atoms with Gasteiger partial charge in [0, 0.05) is 6.04 Å². The van der Waals surface area contributed by atoms with Crippen molar-refractivity contribution in [2.24, 2.45) is 5.73 Å². The zero-order valence-corrected chi connectivity index (χ0v) is 11.9. The van der Waals surface area contributed by atoms with Gasteiger partial charge in [0.2, 0.25) is 0 Å². The molecular weight excluding hydrogens is 266 g/mol. The van der Waals surface area contributed by atoms with Crippen molar-refractivity contribution in [1.82, 2.24) is 10.2 Å². The lowest BCUT2D eigenvalue weighted by molar-refractivity contribution is 0.414. The van der Waals surface area contributed by atoms with Crippen molar-refractivity contribution < 1.29 is 4.74 Å². The third kappa shape index (κ3) is 3.22. The van der Waals surface area contributed by atoms with Gasteiger partial charge in [0.1, 0.15) is 11.3 Å². The fourth-order valence-electron chi connectivity index (χ4n) is 1.60. The van der Waals surface area contributed by atoms with Crippen LogP contribution >= 0.6 is 23.1 Å². The summed E-state index contributed by atoms with van der Waals surface area (Å²) < 4.78 is 6.10. The van der Waals surface area contributed by atoms with Gasteiger partial charge in [-0.2, -0.15) is 0 Å². The van der Waals surface area contributed by atoms with E-state index >= 15 is 0 Å². The first-order chi connectivity index (χ1) is 8.70. The topological polar surface area (TPSA) is 61.0 Å². The van der Waals surface area contributed by atoms with Gasteiger partial charge in [0.25, 0.3) is 0 Å². The van der Waals surface area contributed by atoms with Crippen molar-refractivity contribution in [3.05, 3.63) is 35.3 Å². The highest BCUT2D eigenvalue weighted by molar-refractivity contribution is 8.01. The molecule has 0 fully saturated rings. The fourth-order valence-corrected chi connectivity index (χ4v) is 3.36. The van der Waals surface area contributed by atoms with Crippen LogP contribution in [0.25, 0.3) is 0 Å². The molecule has 2 rings (SSSR count). The van der Waals surface area contributed by atoms with E-state index in [1.54, 1.807) is 24.4 Å². The molecule has 6 heteroatoms. The van der Waals surface area contributed by atoms with E-state index in [0.29, 0.717) is 0 Å². The summed E-state index contributed by atoms with van der Waals surface area (Å²) >= 11 is 3.18. The second-order valence-electron chi connectivity index (χ2n) is 3.88. The number of nitrogens with zero attached hydrogens (tertiary/aromatic N) is 2. The van der Waals surface area contributed by atoms with Gasteiger partial charge in [0.05, 0.1) is 12.4 Å². The van der Waals surface area contributed by atoms with E-state index in [4.69, 9.17) is 10.5 Å². The predicted octanol–water partition coefficient (Wildman–Crippen LogP) is 2.73. The number of nitrogens with two attached hydrogens (primary N) is 1. The van der Waals surface area contributed by atoms with E-state index in [-0.39, 0.29) is 11.3 Å². The van der Waals surface area contributed by atoms with Crippen molar-refractivity contribution in [2.45, 2.75) is 22.6 Å². The minimum absolute atomic E-state index is 0.0345. The number of benzene rings is 1. The highest BCUT2D eigenvalue weighted by Crippen LogP contribution is 2.38. The molecule has 0 aliphatic heterocycles. The maximum absolute atomic E-state index is 6.06. The zero-order chi connectivity index (χ0) is 13.0. The third-order valence-corrected chi connectivity index (χ3v) is 4.79. The Bertz CT molecular complexity index is 471. The largest absolute Gasteiger partial charge is 0.497 e. The summed E-state index contributed by atoms with van der Waals surface area (Å²) in [5.41, 5.74) is 8.96. The normalized spacial score (nSPS) is 14.2. The molecule has 2 unspecified atom stereocenters. The molecule has 0 aliphatic carbocycles. The number of rotatable bonds is 5. The van der Waals surface area contributed by atoms with Gasteiger partial charge in [-0.3, -0.25) is 0 Å². The zero-order valence-electron chi connectivity index (χ0n) is 10.2. The molecule has 4 nitrogen and oxygen atoms in total. The summed E-state index contributed by atoms with van der Waals surface area (Å²) in [6, 6.07) is 8.02. The van der Waals surface area contributed by atoms with E-state index in [9.17, 15) is 0 Å². The molecule has 2 atom stereocenters. The molecule has 1 aromatic heterocycles. The van der Waals surface area contributed by atoms with E-state index in [1.807, 2.05) is 31.2 Å². The first-order valence-corrected chi connectivity index (χ1v) is 7.29. The van der Waals surface area contributed by atoms with Crippen LogP contribution in [0.2, 0.25) is 0 Å². The first-order valence-electron chi connectivity index (χ1n) is 5.53. The van der Waals surface area contributed by atoms with Crippen LogP contribution in [-0.4, -0.2) is 23.3 Å². The minimum atomic E-state index is 0.0345. The van der Waals surface area contributed by atoms with Crippen molar-refractivity contribution in [3.8, 4) is 5.75 Å². The lowest BCUT2D eigenvalue weighted by Gasteiger charge is -2.19. The molecule has 0 saturated heterocycles. The lowest BCUT2D eigenvalue weighted by Crippen LogP contribution is -2.22. The molecule has 0 saturated carbocycles. The van der Waals surface area contributed by atoms with Crippen LogP contribution in [0.3, 0.4) is 0 Å². The summed E-state index contributed by atoms with van der Waals surface area (Å²) in [7, 11) is 1.66. The highest BCUT2D eigenvalue weighted by atomic mass is 32.2. The van der Waals surface area contributed by atoms with E-state index in [1.165, 1.54) is 16.9 Å². The highest BCUT2D eigenvalue weighted by Gasteiger charge is 2.19. The standard InChI is InChI=1S/C12H15N3OS2/c1-8(13)11(18-12-15-14-7-17-12)9-3-5-10(16-2)6-4-9/h3-8,11H,13H2,1-2H3. The average molecular weight is 281 g/mol. The maximum atomic E-state index is 6.06. The number of ether oxygens (including phenoxy) is 1. The van der Waals surface area contributed by atoms with Gasteiger partial charge in [-0.15, -0.1) is 10.2 Å². The number of hydrogen-bond donors (Lipinski definition) is 1. The van der Waals surface area contributed by atoms with Gasteiger partial charge in [-0.1, -0.05) is 35.2 Å². The van der Waals surface area contributed by atoms with Crippen molar-refractivity contribution in [1.29, 1.82) is 0 Å². The van der Waals surface area contributed by atoms with Crippen LogP contribution in [-0.2, 0) is 0 Å². The monoisotopic (exact) mass is 281 g/mol. The Hall–Kier alpha value is -1.11. The van der Waals surface area contributed by atoms with Crippen LogP contribution in [0.5, 0.6) is 5.75 Å². The van der Waals surface area contributed by atoms with Crippen molar-refractivity contribution in [2.75, 3.05) is 7.11 Å². The summed E-state index contributed by atoms with van der Waals surface area (Å²) in [6.45, 7) is 2.00. The molecule has 1 aromatic carbocycles. The van der Waals surface area contributed by atoms with E-state index < -0.39 is 0 Å². The Labute approximate surface area is 115 Å². The van der Waals surface area contributed by atoms with Gasteiger partial charge in [0.15, 0.2) is 4.34 Å².